The second-order valence-electron chi connectivity index (χ2n) is 11.1. The van der Waals surface area contributed by atoms with E-state index in [-0.39, 0.29) is 28.5 Å². The predicted octanol–water partition coefficient (Wildman–Crippen LogP) is 4.18. The summed E-state index contributed by atoms with van der Waals surface area (Å²) in [4.78, 5) is 23.5. The Balaban J connectivity index is 1.60. The van der Waals surface area contributed by atoms with Gasteiger partial charge >= 0.3 is 0 Å². The van der Waals surface area contributed by atoms with E-state index in [1.165, 1.54) is 51.7 Å². The number of anilines is 2. The Labute approximate surface area is 279 Å². The van der Waals surface area contributed by atoms with Gasteiger partial charge in [0.2, 0.25) is 0 Å². The fourth-order valence-corrected chi connectivity index (χ4v) is 8.17. The summed E-state index contributed by atoms with van der Waals surface area (Å²) in [5, 5.41) is 10.0. The molecule has 2 aliphatic rings. The molecule has 0 saturated carbocycles. The van der Waals surface area contributed by atoms with Crippen LogP contribution in [0, 0.1) is 11.3 Å². The number of nitriles is 1. The lowest BCUT2D eigenvalue weighted by Crippen LogP contribution is -2.60. The van der Waals surface area contributed by atoms with E-state index in [0.29, 0.717) is 54.6 Å². The number of amides is 1. The first-order valence-corrected chi connectivity index (χ1v) is 16.8. The van der Waals surface area contributed by atoms with Gasteiger partial charge in [-0.3, -0.25) is 14.7 Å². The second-order valence-corrected chi connectivity index (χ2v) is 12.9. The van der Waals surface area contributed by atoms with Crippen molar-refractivity contribution in [2.45, 2.75) is 17.4 Å². The molecule has 0 radical (unpaired) electrons. The van der Waals surface area contributed by atoms with E-state index in [1.807, 2.05) is 24.0 Å². The zero-order valence-electron chi connectivity index (χ0n) is 27.0. The molecule has 3 heterocycles. The molecule has 0 spiro atoms. The molecule has 6 rings (SSSR count). The van der Waals surface area contributed by atoms with Crippen molar-refractivity contribution in [3.63, 3.8) is 0 Å². The number of ether oxygens (including phenoxy) is 4. The molecule has 1 unspecified atom stereocenters. The number of benzene rings is 3. The van der Waals surface area contributed by atoms with Gasteiger partial charge in [0, 0.05) is 67.5 Å². The number of carbonyl (C=O) groups excluding carboxylic acids is 1. The molecule has 1 fully saturated rings. The van der Waals surface area contributed by atoms with E-state index >= 15 is 4.79 Å². The molecule has 1 saturated heterocycles. The normalized spacial score (nSPS) is 17.9. The number of hydrogen-bond donors (Lipinski definition) is 0. The minimum atomic E-state index is -4.59. The van der Waals surface area contributed by atoms with Crippen molar-refractivity contribution in [2.24, 2.45) is 0 Å². The highest BCUT2D eigenvalue weighted by Gasteiger charge is 2.61. The third-order valence-corrected chi connectivity index (χ3v) is 10.5. The van der Waals surface area contributed by atoms with Crippen LogP contribution in [0.2, 0.25) is 0 Å². The van der Waals surface area contributed by atoms with Gasteiger partial charge in [0.15, 0.2) is 5.54 Å². The van der Waals surface area contributed by atoms with Crippen LogP contribution in [0.4, 0.5) is 11.4 Å². The Morgan fingerprint density at radius 1 is 0.833 bits per heavy atom. The average Bonchev–Trinajstić information content (AvgIpc) is 3.39. The fourth-order valence-electron chi connectivity index (χ4n) is 6.56. The zero-order valence-corrected chi connectivity index (χ0v) is 27.9. The molecule has 1 amide bonds. The number of sulfonamides is 1. The van der Waals surface area contributed by atoms with Crippen molar-refractivity contribution >= 4 is 27.3 Å². The Morgan fingerprint density at radius 2 is 1.50 bits per heavy atom. The molecule has 13 heteroatoms. The standard InChI is InChI=1S/C35H35N5O7S/c1-5-47-31-21-26(44-2)7-9-28(31)35(39-18-16-38(17-19-39)25-12-14-37-15-13-25)29-20-24(23-36)6-10-30(29)40(34(35)41)48(42,43)33-11-8-27(45-3)22-32(33)46-4/h6-15,20-22H,5,16-19H2,1-4H3. The largest absolute Gasteiger partial charge is 0.497 e. The number of piperazine rings is 1. The average molecular weight is 670 g/mol. The predicted molar refractivity (Wildman–Crippen MR) is 178 cm³/mol. The van der Waals surface area contributed by atoms with Crippen LogP contribution < -0.4 is 28.2 Å². The summed E-state index contributed by atoms with van der Waals surface area (Å²) in [7, 11) is -0.241. The van der Waals surface area contributed by atoms with Crippen LogP contribution in [0.25, 0.3) is 0 Å². The fraction of sp³-hybridized carbons (Fsp3) is 0.286. The third-order valence-electron chi connectivity index (χ3n) is 8.78. The molecular weight excluding hydrogens is 634 g/mol. The van der Waals surface area contributed by atoms with Gasteiger partial charge in [0.25, 0.3) is 15.9 Å². The lowest BCUT2D eigenvalue weighted by molar-refractivity contribution is -0.127. The Bertz CT molecular complexity index is 1990. The number of fused-ring (bicyclic) bond motifs is 1. The number of methoxy groups -OCH3 is 3. The van der Waals surface area contributed by atoms with E-state index in [0.717, 1.165) is 9.99 Å². The van der Waals surface area contributed by atoms with Crippen LogP contribution in [0.15, 0.2) is 84.0 Å². The summed E-state index contributed by atoms with van der Waals surface area (Å²) < 4.78 is 52.7. The highest BCUT2D eigenvalue weighted by Crippen LogP contribution is 2.54. The number of nitrogens with zero attached hydrogens (tertiary/aromatic N) is 5. The summed E-state index contributed by atoms with van der Waals surface area (Å²) in [6.45, 7) is 3.92. The van der Waals surface area contributed by atoms with E-state index < -0.39 is 21.5 Å². The number of aromatic nitrogens is 1. The third kappa shape index (κ3) is 5.23. The Morgan fingerprint density at radius 3 is 2.12 bits per heavy atom. The van der Waals surface area contributed by atoms with Gasteiger partial charge in [-0.1, -0.05) is 0 Å². The quantitative estimate of drug-likeness (QED) is 0.241. The second kappa shape index (κ2) is 13.1. The Kier molecular flexibility index (Phi) is 8.87. The lowest BCUT2D eigenvalue weighted by atomic mass is 9.80. The topological polar surface area (TPSA) is 135 Å². The molecular formula is C35H35N5O7S. The van der Waals surface area contributed by atoms with Crippen LogP contribution in [0.1, 0.15) is 23.6 Å². The first-order valence-electron chi connectivity index (χ1n) is 15.3. The SMILES string of the molecule is CCOc1cc(OC)ccc1C1(N2CCN(c3ccncc3)CC2)C(=O)N(S(=O)(=O)c2ccc(OC)cc2OC)c2ccc(C#N)cc21. The maximum Gasteiger partial charge on any atom is 0.274 e. The molecule has 3 aromatic carbocycles. The van der Waals surface area contributed by atoms with Gasteiger partial charge in [0.1, 0.15) is 27.9 Å². The first-order chi connectivity index (χ1) is 23.2. The zero-order chi connectivity index (χ0) is 34.1. The highest BCUT2D eigenvalue weighted by molar-refractivity contribution is 7.93. The molecule has 12 nitrogen and oxygen atoms in total. The molecule has 0 N–H and O–H groups in total. The van der Waals surface area contributed by atoms with Crippen molar-refractivity contribution in [3.8, 4) is 29.1 Å². The number of hydrogen-bond acceptors (Lipinski definition) is 11. The molecule has 48 heavy (non-hydrogen) atoms. The van der Waals surface area contributed by atoms with Crippen LogP contribution >= 0.6 is 0 Å². The Hall–Kier alpha value is -5.32. The monoisotopic (exact) mass is 669 g/mol. The van der Waals surface area contributed by atoms with Gasteiger partial charge in [-0.05, 0) is 61.5 Å². The van der Waals surface area contributed by atoms with Gasteiger partial charge in [0.05, 0.1) is 45.3 Å². The molecule has 0 aliphatic carbocycles. The van der Waals surface area contributed by atoms with Crippen molar-refractivity contribution < 1.29 is 32.2 Å². The van der Waals surface area contributed by atoms with Gasteiger partial charge < -0.3 is 23.8 Å². The maximum atomic E-state index is 15.4. The molecule has 1 aromatic heterocycles. The van der Waals surface area contributed by atoms with E-state index in [1.54, 1.807) is 36.7 Å². The molecule has 4 aromatic rings. The summed E-state index contributed by atoms with van der Waals surface area (Å²) in [6, 6.07) is 20.1. The van der Waals surface area contributed by atoms with Crippen LogP contribution in [-0.2, 0) is 20.4 Å². The van der Waals surface area contributed by atoms with Crippen molar-refractivity contribution in [1.82, 2.24) is 9.88 Å². The van der Waals surface area contributed by atoms with Gasteiger partial charge in [-0.2, -0.15) is 5.26 Å². The number of pyridine rings is 1. The smallest absolute Gasteiger partial charge is 0.274 e. The summed E-state index contributed by atoms with van der Waals surface area (Å²) in [6.07, 6.45) is 3.45. The van der Waals surface area contributed by atoms with Gasteiger partial charge in [-0.15, -0.1) is 0 Å². The minimum Gasteiger partial charge on any atom is -0.497 e. The summed E-state index contributed by atoms with van der Waals surface area (Å²) in [5.41, 5.74) is 0.477. The van der Waals surface area contributed by atoms with Crippen molar-refractivity contribution in [1.29, 1.82) is 5.26 Å². The lowest BCUT2D eigenvalue weighted by Gasteiger charge is -2.46. The summed E-state index contributed by atoms with van der Waals surface area (Å²) >= 11 is 0. The molecule has 1 atom stereocenters. The maximum absolute atomic E-state index is 15.4. The van der Waals surface area contributed by atoms with E-state index in [4.69, 9.17) is 18.9 Å². The first kappa shape index (κ1) is 32.6. The number of carbonyl (C=O) groups is 1. The van der Waals surface area contributed by atoms with Gasteiger partial charge in [-0.25, -0.2) is 12.7 Å². The van der Waals surface area contributed by atoms with Crippen molar-refractivity contribution in [2.75, 3.05) is 63.3 Å². The van der Waals surface area contributed by atoms with Crippen LogP contribution in [-0.4, -0.2) is 78.3 Å². The van der Waals surface area contributed by atoms with E-state index in [2.05, 4.69) is 16.0 Å². The van der Waals surface area contributed by atoms with Crippen molar-refractivity contribution in [3.05, 3.63) is 95.8 Å². The molecule has 2 aliphatic heterocycles. The molecule has 248 valence electrons. The van der Waals surface area contributed by atoms with E-state index in [9.17, 15) is 13.7 Å². The van der Waals surface area contributed by atoms with Crippen LogP contribution in [0.5, 0.6) is 23.0 Å². The minimum absolute atomic E-state index is 0.0141. The van der Waals surface area contributed by atoms with Crippen LogP contribution in [0.3, 0.4) is 0 Å². The highest BCUT2D eigenvalue weighted by atomic mass is 32.2. The number of rotatable bonds is 10. The summed E-state index contributed by atoms with van der Waals surface area (Å²) in [5.74, 6) is 0.535. The molecule has 0 bridgehead atoms.